The molecular formula is C20H15Cl2N3O. The zero-order chi connectivity index (χ0) is 18.3. The molecule has 0 atom stereocenters. The molecule has 4 rings (SSSR count). The van der Waals surface area contributed by atoms with E-state index in [0.29, 0.717) is 16.6 Å². The largest absolute Gasteiger partial charge is 0.328 e. The van der Waals surface area contributed by atoms with Crippen molar-refractivity contribution in [2.45, 2.75) is 13.5 Å². The molecule has 6 heteroatoms. The van der Waals surface area contributed by atoms with E-state index in [1.807, 2.05) is 25.1 Å². The van der Waals surface area contributed by atoms with Crippen LogP contribution in [-0.2, 0) is 6.54 Å². The molecule has 1 N–H and O–H groups in total. The quantitative estimate of drug-likeness (QED) is 0.537. The SMILES string of the molecule is Cc1nc2ccc(-c3ccc(=O)[nH]c3)cc2n1Cc1cc(Cl)ccc1Cl. The highest BCUT2D eigenvalue weighted by Gasteiger charge is 2.11. The maximum atomic E-state index is 11.3. The van der Waals surface area contributed by atoms with Gasteiger partial charge in [-0.15, -0.1) is 0 Å². The van der Waals surface area contributed by atoms with Gasteiger partial charge < -0.3 is 9.55 Å². The van der Waals surface area contributed by atoms with E-state index >= 15 is 0 Å². The number of nitrogens with one attached hydrogen (secondary N) is 1. The molecule has 0 aliphatic rings. The Balaban J connectivity index is 1.82. The summed E-state index contributed by atoms with van der Waals surface area (Å²) in [7, 11) is 0. The van der Waals surface area contributed by atoms with Crippen LogP contribution in [0, 0.1) is 6.92 Å². The van der Waals surface area contributed by atoms with E-state index in [2.05, 4.69) is 20.6 Å². The van der Waals surface area contributed by atoms with Crippen molar-refractivity contribution in [3.8, 4) is 11.1 Å². The van der Waals surface area contributed by atoms with Crippen LogP contribution >= 0.6 is 23.2 Å². The third-order valence-corrected chi connectivity index (χ3v) is 5.00. The average Bonchev–Trinajstić information content (AvgIpc) is 2.94. The van der Waals surface area contributed by atoms with Gasteiger partial charge in [0, 0.05) is 22.3 Å². The molecule has 0 radical (unpaired) electrons. The van der Waals surface area contributed by atoms with Crippen LogP contribution in [0.25, 0.3) is 22.2 Å². The fourth-order valence-electron chi connectivity index (χ4n) is 3.05. The van der Waals surface area contributed by atoms with Gasteiger partial charge in [-0.1, -0.05) is 29.3 Å². The van der Waals surface area contributed by atoms with Gasteiger partial charge in [-0.3, -0.25) is 4.79 Å². The van der Waals surface area contributed by atoms with Crippen molar-refractivity contribution in [1.29, 1.82) is 0 Å². The minimum absolute atomic E-state index is 0.119. The van der Waals surface area contributed by atoms with Crippen LogP contribution < -0.4 is 5.56 Å². The first kappa shape index (κ1) is 16.9. The second-order valence-electron chi connectivity index (χ2n) is 6.13. The van der Waals surface area contributed by atoms with Crippen LogP contribution in [0.1, 0.15) is 11.4 Å². The number of aromatic amines is 1. The van der Waals surface area contributed by atoms with Gasteiger partial charge in [0.25, 0.3) is 0 Å². The number of benzene rings is 2. The molecule has 2 aromatic carbocycles. The second kappa shape index (κ2) is 6.63. The lowest BCUT2D eigenvalue weighted by molar-refractivity contribution is 0.786. The number of rotatable bonds is 3. The Kier molecular flexibility index (Phi) is 4.31. The number of aryl methyl sites for hydroxylation is 1. The van der Waals surface area contributed by atoms with Crippen molar-refractivity contribution >= 4 is 34.2 Å². The smallest absolute Gasteiger partial charge is 0.247 e. The Labute approximate surface area is 160 Å². The van der Waals surface area contributed by atoms with Gasteiger partial charge >= 0.3 is 0 Å². The van der Waals surface area contributed by atoms with Crippen LogP contribution in [0.5, 0.6) is 0 Å². The molecule has 0 saturated carbocycles. The monoisotopic (exact) mass is 383 g/mol. The lowest BCUT2D eigenvalue weighted by atomic mass is 10.1. The molecule has 2 aromatic heterocycles. The van der Waals surface area contributed by atoms with E-state index in [1.54, 1.807) is 24.4 Å². The number of aromatic nitrogens is 3. The van der Waals surface area contributed by atoms with Crippen LogP contribution in [0.4, 0.5) is 0 Å². The van der Waals surface area contributed by atoms with E-state index in [0.717, 1.165) is 33.5 Å². The van der Waals surface area contributed by atoms with Gasteiger partial charge in [-0.05, 0) is 60.0 Å². The van der Waals surface area contributed by atoms with E-state index in [9.17, 15) is 4.79 Å². The molecule has 0 unspecified atom stereocenters. The second-order valence-corrected chi connectivity index (χ2v) is 6.97. The van der Waals surface area contributed by atoms with Crippen molar-refractivity contribution in [3.05, 3.63) is 86.5 Å². The summed E-state index contributed by atoms with van der Waals surface area (Å²) < 4.78 is 2.11. The summed E-state index contributed by atoms with van der Waals surface area (Å²) >= 11 is 12.5. The number of imidazole rings is 1. The standard InChI is InChI=1S/C20H15Cl2N3O/c1-12-24-18-6-2-13(14-3-7-20(26)23-10-14)9-19(18)25(12)11-15-8-16(21)4-5-17(15)22/h2-10H,11H2,1H3,(H,23,26). The minimum Gasteiger partial charge on any atom is -0.328 e. The van der Waals surface area contributed by atoms with Crippen LogP contribution in [-0.4, -0.2) is 14.5 Å². The number of hydrogen-bond donors (Lipinski definition) is 1. The lowest BCUT2D eigenvalue weighted by Crippen LogP contribution is -2.03. The molecule has 0 aliphatic heterocycles. The minimum atomic E-state index is -0.119. The normalized spacial score (nSPS) is 11.2. The summed E-state index contributed by atoms with van der Waals surface area (Å²) in [4.78, 5) is 18.6. The van der Waals surface area contributed by atoms with Gasteiger partial charge in [0.1, 0.15) is 5.82 Å². The number of fused-ring (bicyclic) bond motifs is 1. The van der Waals surface area contributed by atoms with Crippen molar-refractivity contribution in [1.82, 2.24) is 14.5 Å². The molecule has 0 fully saturated rings. The zero-order valence-corrected chi connectivity index (χ0v) is 15.5. The van der Waals surface area contributed by atoms with Gasteiger partial charge in [0.15, 0.2) is 0 Å². The van der Waals surface area contributed by atoms with Crippen molar-refractivity contribution in [2.24, 2.45) is 0 Å². The first-order valence-electron chi connectivity index (χ1n) is 8.11. The third kappa shape index (κ3) is 3.14. The van der Waals surface area contributed by atoms with E-state index < -0.39 is 0 Å². The topological polar surface area (TPSA) is 50.7 Å². The predicted molar refractivity (Wildman–Crippen MR) is 106 cm³/mol. The molecule has 0 amide bonds. The van der Waals surface area contributed by atoms with Gasteiger partial charge in [-0.2, -0.15) is 0 Å². The summed E-state index contributed by atoms with van der Waals surface area (Å²) in [6.07, 6.45) is 1.71. The Bertz CT molecular complexity index is 1160. The van der Waals surface area contributed by atoms with Gasteiger partial charge in [-0.25, -0.2) is 4.98 Å². The first-order valence-corrected chi connectivity index (χ1v) is 8.87. The van der Waals surface area contributed by atoms with Crippen LogP contribution in [0.2, 0.25) is 10.0 Å². The molecule has 26 heavy (non-hydrogen) atoms. The number of pyridine rings is 1. The molecule has 4 aromatic rings. The average molecular weight is 384 g/mol. The molecule has 2 heterocycles. The Morgan fingerprint density at radius 3 is 2.62 bits per heavy atom. The summed E-state index contributed by atoms with van der Waals surface area (Å²) in [6, 6.07) is 14.8. The van der Waals surface area contributed by atoms with Crippen molar-refractivity contribution < 1.29 is 0 Å². The lowest BCUT2D eigenvalue weighted by Gasteiger charge is -2.10. The molecule has 0 aliphatic carbocycles. The number of halogens is 2. The highest BCUT2D eigenvalue weighted by Crippen LogP contribution is 2.27. The predicted octanol–water partition coefficient (Wildman–Crippen LogP) is 5.06. The molecule has 130 valence electrons. The van der Waals surface area contributed by atoms with E-state index in [-0.39, 0.29) is 5.56 Å². The number of nitrogens with zero attached hydrogens (tertiary/aromatic N) is 2. The maximum Gasteiger partial charge on any atom is 0.247 e. The molecular weight excluding hydrogens is 369 g/mol. The fourth-order valence-corrected chi connectivity index (χ4v) is 3.42. The van der Waals surface area contributed by atoms with Gasteiger partial charge in [0.2, 0.25) is 5.56 Å². The highest BCUT2D eigenvalue weighted by atomic mass is 35.5. The van der Waals surface area contributed by atoms with Crippen molar-refractivity contribution in [3.63, 3.8) is 0 Å². The van der Waals surface area contributed by atoms with E-state index in [1.165, 1.54) is 6.07 Å². The maximum absolute atomic E-state index is 11.3. The summed E-state index contributed by atoms with van der Waals surface area (Å²) in [6.45, 7) is 2.55. The van der Waals surface area contributed by atoms with Crippen molar-refractivity contribution in [2.75, 3.05) is 0 Å². The first-order chi connectivity index (χ1) is 12.5. The third-order valence-electron chi connectivity index (χ3n) is 4.39. The number of hydrogen-bond acceptors (Lipinski definition) is 2. The van der Waals surface area contributed by atoms with Gasteiger partial charge in [0.05, 0.1) is 17.6 Å². The van der Waals surface area contributed by atoms with Crippen LogP contribution in [0.3, 0.4) is 0 Å². The molecule has 4 nitrogen and oxygen atoms in total. The molecule has 0 spiro atoms. The number of H-pyrrole nitrogens is 1. The summed E-state index contributed by atoms with van der Waals surface area (Å²) in [5, 5.41) is 1.33. The molecule has 0 bridgehead atoms. The zero-order valence-electron chi connectivity index (χ0n) is 14.0. The highest BCUT2D eigenvalue weighted by molar-refractivity contribution is 6.33. The Hall–Kier alpha value is -2.56. The van der Waals surface area contributed by atoms with E-state index in [4.69, 9.17) is 23.2 Å². The Morgan fingerprint density at radius 2 is 1.85 bits per heavy atom. The summed E-state index contributed by atoms with van der Waals surface area (Å²) in [5.74, 6) is 0.898. The van der Waals surface area contributed by atoms with Crippen LogP contribution in [0.15, 0.2) is 59.5 Å². The summed E-state index contributed by atoms with van der Waals surface area (Å²) in [5.41, 5.74) is 4.68. The molecule has 0 saturated heterocycles. The Morgan fingerprint density at radius 1 is 1.04 bits per heavy atom. The fraction of sp³-hybridized carbons (Fsp3) is 0.100.